The molecule has 110 valence electrons. The van der Waals surface area contributed by atoms with Crippen molar-refractivity contribution in [2.24, 2.45) is 0 Å². The highest BCUT2D eigenvalue weighted by Gasteiger charge is 2.13. The van der Waals surface area contributed by atoms with Crippen molar-refractivity contribution in [2.45, 2.75) is 12.8 Å². The number of benzene rings is 1. The Morgan fingerprint density at radius 1 is 1.29 bits per heavy atom. The molecule has 1 atom stereocenters. The van der Waals surface area contributed by atoms with Gasteiger partial charge in [0, 0.05) is 18.5 Å². The predicted molar refractivity (Wildman–Crippen MR) is 80.4 cm³/mol. The zero-order valence-corrected chi connectivity index (χ0v) is 11.7. The number of nitro groups is 1. The van der Waals surface area contributed by atoms with Crippen molar-refractivity contribution in [3.05, 3.63) is 63.8 Å². The first-order chi connectivity index (χ1) is 10.1. The molecule has 0 spiro atoms. The van der Waals surface area contributed by atoms with Gasteiger partial charge in [0.05, 0.1) is 11.5 Å². The molecule has 0 bridgehead atoms. The topological polar surface area (TPSA) is 88.3 Å². The first-order valence-electron chi connectivity index (χ1n) is 6.63. The molecule has 0 saturated heterocycles. The van der Waals surface area contributed by atoms with E-state index in [2.05, 4.69) is 10.3 Å². The number of aryl methyl sites for hydroxylation is 1. The summed E-state index contributed by atoms with van der Waals surface area (Å²) in [6.45, 7) is 2.12. The Morgan fingerprint density at radius 3 is 2.57 bits per heavy atom. The van der Waals surface area contributed by atoms with Gasteiger partial charge in [0.15, 0.2) is 0 Å². The Labute approximate surface area is 122 Å². The molecule has 0 aliphatic heterocycles. The fourth-order valence-electron chi connectivity index (χ4n) is 2.09. The van der Waals surface area contributed by atoms with Crippen LogP contribution in [0.2, 0.25) is 0 Å². The summed E-state index contributed by atoms with van der Waals surface area (Å²) < 4.78 is 0. The third-order valence-corrected chi connectivity index (χ3v) is 3.28. The molecule has 0 unspecified atom stereocenters. The molecule has 2 N–H and O–H groups in total. The van der Waals surface area contributed by atoms with Gasteiger partial charge in [-0.05, 0) is 18.6 Å². The number of hydrogen-bond donors (Lipinski definition) is 2. The minimum Gasteiger partial charge on any atom is -0.396 e. The first-order valence-corrected chi connectivity index (χ1v) is 6.63. The van der Waals surface area contributed by atoms with Crippen LogP contribution in [0.15, 0.2) is 42.5 Å². The number of aliphatic hydroxyl groups excluding tert-OH is 1. The number of anilines is 1. The van der Waals surface area contributed by atoms with Crippen LogP contribution in [0.5, 0.6) is 0 Å². The number of pyridine rings is 1. The van der Waals surface area contributed by atoms with E-state index >= 15 is 0 Å². The van der Waals surface area contributed by atoms with Gasteiger partial charge in [-0.3, -0.25) is 10.1 Å². The van der Waals surface area contributed by atoms with Crippen LogP contribution in [0.4, 0.5) is 11.5 Å². The number of aliphatic hydroxyl groups is 1. The Hall–Kier alpha value is -2.47. The first kappa shape index (κ1) is 14.9. The van der Waals surface area contributed by atoms with E-state index in [1.807, 2.05) is 30.3 Å². The van der Waals surface area contributed by atoms with Crippen molar-refractivity contribution >= 4 is 11.5 Å². The van der Waals surface area contributed by atoms with Crippen LogP contribution in [0.1, 0.15) is 17.2 Å². The molecule has 6 heteroatoms. The summed E-state index contributed by atoms with van der Waals surface area (Å²) >= 11 is 0. The lowest BCUT2D eigenvalue weighted by Gasteiger charge is -2.16. The predicted octanol–water partition coefficient (Wildman–Crippen LogP) is 2.49. The lowest BCUT2D eigenvalue weighted by atomic mass is 10.0. The molecular weight excluding hydrogens is 270 g/mol. The Balaban J connectivity index is 2.05. The highest BCUT2D eigenvalue weighted by atomic mass is 16.6. The van der Waals surface area contributed by atoms with Crippen molar-refractivity contribution in [1.82, 2.24) is 4.98 Å². The zero-order valence-electron chi connectivity index (χ0n) is 11.7. The second kappa shape index (κ2) is 6.81. The van der Waals surface area contributed by atoms with E-state index in [1.54, 1.807) is 13.0 Å². The van der Waals surface area contributed by atoms with Crippen molar-refractivity contribution in [3.8, 4) is 0 Å². The normalized spacial score (nSPS) is 11.9. The number of aromatic nitrogens is 1. The lowest BCUT2D eigenvalue weighted by Crippen LogP contribution is -2.17. The van der Waals surface area contributed by atoms with E-state index < -0.39 is 4.92 Å². The summed E-state index contributed by atoms with van der Waals surface area (Å²) in [5.74, 6) is 0.510. The molecule has 1 heterocycles. The quantitative estimate of drug-likeness (QED) is 0.629. The van der Waals surface area contributed by atoms with Gasteiger partial charge >= 0.3 is 0 Å². The molecule has 21 heavy (non-hydrogen) atoms. The van der Waals surface area contributed by atoms with Crippen molar-refractivity contribution < 1.29 is 10.0 Å². The summed E-state index contributed by atoms with van der Waals surface area (Å²) in [7, 11) is 0. The molecule has 0 aliphatic rings. The summed E-state index contributed by atoms with van der Waals surface area (Å²) in [4.78, 5) is 14.5. The maximum atomic E-state index is 10.7. The summed E-state index contributed by atoms with van der Waals surface area (Å²) in [6, 6.07) is 12.7. The highest BCUT2D eigenvalue weighted by molar-refractivity contribution is 5.45. The standard InChI is InChI=1S/C15H17N3O3/c1-11-14(18(20)21)7-8-15(17-11)16-9-13(10-19)12-5-3-2-4-6-12/h2-8,13,19H,9-10H2,1H3,(H,16,17)/t13-/m1/s1. The maximum absolute atomic E-state index is 10.7. The zero-order chi connectivity index (χ0) is 15.2. The minimum absolute atomic E-state index is 0.00215. The number of nitrogens with zero attached hydrogens (tertiary/aromatic N) is 2. The third kappa shape index (κ3) is 3.76. The minimum atomic E-state index is -0.452. The van der Waals surface area contributed by atoms with Gasteiger partial charge in [0.2, 0.25) is 0 Å². The van der Waals surface area contributed by atoms with Crippen molar-refractivity contribution in [3.63, 3.8) is 0 Å². The van der Waals surface area contributed by atoms with Crippen LogP contribution in [0.3, 0.4) is 0 Å². The van der Waals surface area contributed by atoms with Crippen LogP contribution in [-0.4, -0.2) is 28.2 Å². The summed E-state index contributed by atoms with van der Waals surface area (Å²) in [5.41, 5.74) is 1.40. The Bertz CT molecular complexity index is 617. The van der Waals surface area contributed by atoms with Gasteiger partial charge in [-0.15, -0.1) is 0 Å². The molecule has 1 aromatic carbocycles. The number of nitrogens with one attached hydrogen (secondary N) is 1. The largest absolute Gasteiger partial charge is 0.396 e. The third-order valence-electron chi connectivity index (χ3n) is 3.28. The van der Waals surface area contributed by atoms with Gasteiger partial charge in [-0.2, -0.15) is 0 Å². The second-order valence-corrected chi connectivity index (χ2v) is 4.73. The molecule has 0 amide bonds. The molecule has 0 aliphatic carbocycles. The van der Waals surface area contributed by atoms with Crippen LogP contribution < -0.4 is 5.32 Å². The second-order valence-electron chi connectivity index (χ2n) is 4.73. The van der Waals surface area contributed by atoms with E-state index in [9.17, 15) is 15.2 Å². The van der Waals surface area contributed by atoms with Crippen LogP contribution in [0, 0.1) is 17.0 Å². The summed E-state index contributed by atoms with van der Waals surface area (Å²) in [5, 5.41) is 23.3. The molecule has 0 radical (unpaired) electrons. The fraction of sp³-hybridized carbons (Fsp3) is 0.267. The van der Waals surface area contributed by atoms with Gasteiger partial charge in [-0.1, -0.05) is 30.3 Å². The van der Waals surface area contributed by atoms with E-state index in [0.717, 1.165) is 5.56 Å². The van der Waals surface area contributed by atoms with Gasteiger partial charge in [-0.25, -0.2) is 4.98 Å². The van der Waals surface area contributed by atoms with E-state index in [4.69, 9.17) is 0 Å². The molecule has 0 fully saturated rings. The van der Waals surface area contributed by atoms with E-state index in [1.165, 1.54) is 6.07 Å². The fourth-order valence-corrected chi connectivity index (χ4v) is 2.09. The average Bonchev–Trinajstić information content (AvgIpc) is 2.48. The van der Waals surface area contributed by atoms with Gasteiger partial charge < -0.3 is 10.4 Å². The molecule has 6 nitrogen and oxygen atoms in total. The number of hydrogen-bond acceptors (Lipinski definition) is 5. The average molecular weight is 287 g/mol. The van der Waals surface area contributed by atoms with Crippen LogP contribution >= 0.6 is 0 Å². The van der Waals surface area contributed by atoms with Gasteiger partial charge in [0.1, 0.15) is 11.5 Å². The highest BCUT2D eigenvalue weighted by Crippen LogP contribution is 2.19. The Kier molecular flexibility index (Phi) is 4.84. The molecule has 1 aromatic heterocycles. The molecular formula is C15H17N3O3. The molecule has 2 aromatic rings. The maximum Gasteiger partial charge on any atom is 0.290 e. The van der Waals surface area contributed by atoms with E-state index in [0.29, 0.717) is 18.1 Å². The van der Waals surface area contributed by atoms with E-state index in [-0.39, 0.29) is 18.2 Å². The van der Waals surface area contributed by atoms with Crippen LogP contribution in [-0.2, 0) is 0 Å². The van der Waals surface area contributed by atoms with Gasteiger partial charge in [0.25, 0.3) is 5.69 Å². The monoisotopic (exact) mass is 287 g/mol. The van der Waals surface area contributed by atoms with Crippen molar-refractivity contribution in [2.75, 3.05) is 18.5 Å². The number of rotatable bonds is 6. The SMILES string of the molecule is Cc1nc(NC[C@H](CO)c2ccccc2)ccc1[N+](=O)[O-]. The Morgan fingerprint density at radius 2 is 2.00 bits per heavy atom. The summed E-state index contributed by atoms with van der Waals surface area (Å²) in [6.07, 6.45) is 0. The molecule has 0 saturated carbocycles. The lowest BCUT2D eigenvalue weighted by molar-refractivity contribution is -0.385. The molecule has 2 rings (SSSR count). The smallest absolute Gasteiger partial charge is 0.290 e. The van der Waals surface area contributed by atoms with Crippen LogP contribution in [0.25, 0.3) is 0 Å². The van der Waals surface area contributed by atoms with Crippen molar-refractivity contribution in [1.29, 1.82) is 0 Å².